The van der Waals surface area contributed by atoms with Gasteiger partial charge in [0.05, 0.1) is 11.2 Å². The molecule has 2 rings (SSSR count). The molecule has 3 nitrogen and oxygen atoms in total. The van der Waals surface area contributed by atoms with Crippen LogP contribution in [-0.4, -0.2) is 4.98 Å². The second kappa shape index (κ2) is 5.17. The van der Waals surface area contributed by atoms with Crippen molar-refractivity contribution >= 4 is 27.5 Å². The number of hydrogen-bond donors (Lipinski definition) is 0. The van der Waals surface area contributed by atoms with Crippen LogP contribution in [-0.2, 0) is 0 Å². The first-order chi connectivity index (χ1) is 8.19. The zero-order chi connectivity index (χ0) is 12.3. The maximum atomic E-state index is 8.62. The molecule has 1 aromatic carbocycles. The van der Waals surface area contributed by atoms with E-state index in [4.69, 9.17) is 21.6 Å². The van der Waals surface area contributed by atoms with Crippen molar-refractivity contribution in [2.24, 2.45) is 0 Å². The second-order valence-corrected chi connectivity index (χ2v) is 4.49. The molecule has 0 N–H and O–H groups in total. The minimum Gasteiger partial charge on any atom is -0.454 e. The second-order valence-electron chi connectivity index (χ2n) is 3.17. The lowest BCUT2D eigenvalue weighted by Crippen LogP contribution is -1.88. The zero-order valence-electron chi connectivity index (χ0n) is 8.52. The van der Waals surface area contributed by atoms with Crippen LogP contribution in [0.5, 0.6) is 11.5 Å². The maximum absolute atomic E-state index is 8.62. The number of nitriles is 1. The van der Waals surface area contributed by atoms with E-state index in [-0.39, 0.29) is 0 Å². The summed E-state index contributed by atoms with van der Waals surface area (Å²) in [5.41, 5.74) is 0.345. The van der Waals surface area contributed by atoms with E-state index in [1.807, 2.05) is 12.1 Å². The molecule has 0 saturated carbocycles. The van der Waals surface area contributed by atoms with Crippen LogP contribution in [0, 0.1) is 11.3 Å². The third-order valence-corrected chi connectivity index (χ3v) is 2.78. The molecule has 2 aromatic rings. The average Bonchev–Trinajstić information content (AvgIpc) is 2.35. The third kappa shape index (κ3) is 2.96. The monoisotopic (exact) mass is 308 g/mol. The van der Waals surface area contributed by atoms with E-state index < -0.39 is 0 Å². The lowest BCUT2D eigenvalue weighted by molar-refractivity contribution is 0.480. The van der Waals surface area contributed by atoms with Crippen molar-refractivity contribution in [3.05, 3.63) is 51.7 Å². The van der Waals surface area contributed by atoms with Crippen LogP contribution in [0.1, 0.15) is 5.69 Å². The summed E-state index contributed by atoms with van der Waals surface area (Å²) >= 11 is 9.32. The number of nitrogens with zero attached hydrogens (tertiary/aromatic N) is 2. The van der Waals surface area contributed by atoms with Gasteiger partial charge in [-0.2, -0.15) is 5.26 Å². The lowest BCUT2D eigenvalue weighted by Gasteiger charge is -2.07. The molecule has 84 valence electrons. The highest BCUT2D eigenvalue weighted by Crippen LogP contribution is 2.31. The van der Waals surface area contributed by atoms with Crippen molar-refractivity contribution in [3.63, 3.8) is 0 Å². The van der Waals surface area contributed by atoms with Gasteiger partial charge in [-0.15, -0.1) is 0 Å². The highest BCUT2D eigenvalue weighted by Gasteiger charge is 2.04. The van der Waals surface area contributed by atoms with Gasteiger partial charge in [-0.05, 0) is 30.3 Å². The largest absolute Gasteiger partial charge is 0.454 e. The van der Waals surface area contributed by atoms with Gasteiger partial charge in [-0.1, -0.05) is 27.5 Å². The van der Waals surface area contributed by atoms with Crippen LogP contribution in [0.2, 0.25) is 5.02 Å². The van der Waals surface area contributed by atoms with Crippen LogP contribution in [0.4, 0.5) is 0 Å². The lowest BCUT2D eigenvalue weighted by atomic mass is 10.3. The van der Waals surface area contributed by atoms with Gasteiger partial charge in [-0.25, -0.2) is 4.98 Å². The third-order valence-electron chi connectivity index (χ3n) is 1.97. The van der Waals surface area contributed by atoms with Crippen molar-refractivity contribution in [2.45, 2.75) is 0 Å². The Balaban J connectivity index is 2.25. The first-order valence-electron chi connectivity index (χ1n) is 4.68. The molecule has 0 unspecified atom stereocenters. The fourth-order valence-corrected chi connectivity index (χ4v) is 1.69. The first kappa shape index (κ1) is 11.9. The van der Waals surface area contributed by atoms with E-state index in [2.05, 4.69) is 20.9 Å². The molecular weight excluding hydrogens is 304 g/mol. The molecule has 17 heavy (non-hydrogen) atoms. The van der Waals surface area contributed by atoms with Crippen LogP contribution in [0.3, 0.4) is 0 Å². The van der Waals surface area contributed by atoms with Crippen LogP contribution < -0.4 is 4.74 Å². The molecule has 0 radical (unpaired) electrons. The van der Waals surface area contributed by atoms with Gasteiger partial charge in [0.25, 0.3) is 0 Å². The van der Waals surface area contributed by atoms with Gasteiger partial charge in [0, 0.05) is 4.47 Å². The number of halogens is 2. The highest BCUT2D eigenvalue weighted by molar-refractivity contribution is 9.10. The summed E-state index contributed by atoms with van der Waals surface area (Å²) in [5.74, 6) is 1.07. The summed E-state index contributed by atoms with van der Waals surface area (Å²) in [6.45, 7) is 0. The van der Waals surface area contributed by atoms with Crippen molar-refractivity contribution in [2.75, 3.05) is 0 Å². The molecule has 0 amide bonds. The van der Waals surface area contributed by atoms with Crippen molar-refractivity contribution in [1.82, 2.24) is 4.98 Å². The van der Waals surface area contributed by atoms with Gasteiger partial charge in [-0.3, -0.25) is 0 Å². The normalized spacial score (nSPS) is 9.71. The summed E-state index contributed by atoms with van der Waals surface area (Å²) in [5, 5.41) is 9.13. The quantitative estimate of drug-likeness (QED) is 0.836. The Hall–Kier alpha value is -1.57. The Morgan fingerprint density at radius 1 is 1.29 bits per heavy atom. The Labute approximate surface area is 112 Å². The Morgan fingerprint density at radius 2 is 2.12 bits per heavy atom. The maximum Gasteiger partial charge on any atom is 0.147 e. The first-order valence-corrected chi connectivity index (χ1v) is 5.85. The van der Waals surface area contributed by atoms with E-state index in [1.54, 1.807) is 24.3 Å². The molecule has 0 atom stereocenters. The van der Waals surface area contributed by atoms with E-state index in [0.29, 0.717) is 22.2 Å². The Morgan fingerprint density at radius 3 is 2.76 bits per heavy atom. The number of ether oxygens (including phenoxy) is 1. The van der Waals surface area contributed by atoms with Crippen molar-refractivity contribution < 1.29 is 4.74 Å². The Bertz CT molecular complexity index is 578. The highest BCUT2D eigenvalue weighted by atomic mass is 79.9. The minimum atomic E-state index is 0.345. The average molecular weight is 310 g/mol. The summed E-state index contributed by atoms with van der Waals surface area (Å²) < 4.78 is 6.43. The summed E-state index contributed by atoms with van der Waals surface area (Å²) in [4.78, 5) is 3.90. The van der Waals surface area contributed by atoms with Gasteiger partial charge in [0.2, 0.25) is 0 Å². The molecule has 1 aromatic heterocycles. The summed E-state index contributed by atoms with van der Waals surface area (Å²) in [6, 6.07) is 10.5. The molecule has 0 aliphatic rings. The molecule has 0 bridgehead atoms. The van der Waals surface area contributed by atoms with Gasteiger partial charge >= 0.3 is 0 Å². The molecule has 1 heterocycles. The van der Waals surface area contributed by atoms with Gasteiger partial charge in [0.15, 0.2) is 0 Å². The minimum absolute atomic E-state index is 0.345. The number of benzene rings is 1. The number of hydrogen-bond acceptors (Lipinski definition) is 3. The van der Waals surface area contributed by atoms with Crippen molar-refractivity contribution in [1.29, 1.82) is 5.26 Å². The Kier molecular flexibility index (Phi) is 3.62. The standard InChI is InChI=1S/C12H6BrClN2O/c13-8-1-4-11(14)12(5-8)17-10-3-2-9(6-15)16-7-10/h1-5,7H. The van der Waals surface area contributed by atoms with E-state index in [9.17, 15) is 0 Å². The summed E-state index contributed by atoms with van der Waals surface area (Å²) in [7, 11) is 0. The van der Waals surface area contributed by atoms with Gasteiger partial charge in [0.1, 0.15) is 23.3 Å². The van der Waals surface area contributed by atoms with Crippen LogP contribution >= 0.6 is 27.5 Å². The predicted molar refractivity (Wildman–Crippen MR) is 68.2 cm³/mol. The molecule has 0 aliphatic heterocycles. The number of aromatic nitrogens is 1. The van der Waals surface area contributed by atoms with Crippen LogP contribution in [0.15, 0.2) is 41.0 Å². The topological polar surface area (TPSA) is 45.9 Å². The SMILES string of the molecule is N#Cc1ccc(Oc2cc(Br)ccc2Cl)cn1. The predicted octanol–water partition coefficient (Wildman–Crippen LogP) is 4.16. The molecule has 0 spiro atoms. The molecule has 0 fully saturated rings. The molecule has 5 heteroatoms. The van der Waals surface area contributed by atoms with Crippen LogP contribution in [0.25, 0.3) is 0 Å². The zero-order valence-corrected chi connectivity index (χ0v) is 10.9. The smallest absolute Gasteiger partial charge is 0.147 e. The van der Waals surface area contributed by atoms with E-state index in [0.717, 1.165) is 4.47 Å². The molecule has 0 aliphatic carbocycles. The van der Waals surface area contributed by atoms with E-state index in [1.165, 1.54) is 6.20 Å². The van der Waals surface area contributed by atoms with E-state index >= 15 is 0 Å². The number of rotatable bonds is 2. The fraction of sp³-hybridized carbons (Fsp3) is 0. The number of pyridine rings is 1. The molecule has 0 saturated heterocycles. The molecular formula is C12H6BrClN2O. The van der Waals surface area contributed by atoms with Gasteiger partial charge < -0.3 is 4.74 Å². The van der Waals surface area contributed by atoms with Crippen molar-refractivity contribution in [3.8, 4) is 17.6 Å². The summed E-state index contributed by atoms with van der Waals surface area (Å²) in [6.07, 6.45) is 1.48. The fourth-order valence-electron chi connectivity index (χ4n) is 1.19.